The van der Waals surface area contributed by atoms with Crippen LogP contribution in [-0.2, 0) is 9.53 Å². The van der Waals surface area contributed by atoms with Crippen molar-refractivity contribution in [2.24, 2.45) is 11.7 Å². The van der Waals surface area contributed by atoms with Gasteiger partial charge in [-0.05, 0) is 12.5 Å². The molecule has 2 unspecified atom stereocenters. The van der Waals surface area contributed by atoms with Gasteiger partial charge in [-0.15, -0.1) is 0 Å². The van der Waals surface area contributed by atoms with Crippen LogP contribution in [0.3, 0.4) is 0 Å². The second-order valence-corrected chi connectivity index (χ2v) is 8.58. The van der Waals surface area contributed by atoms with Gasteiger partial charge in [0.1, 0.15) is 11.6 Å². The average Bonchev–Trinajstić information content (AvgIpc) is 2.69. The lowest BCUT2D eigenvalue weighted by Crippen LogP contribution is -2.49. The zero-order valence-electron chi connectivity index (χ0n) is 18.7. The summed E-state index contributed by atoms with van der Waals surface area (Å²) in [6.07, 6.45) is 27.5. The summed E-state index contributed by atoms with van der Waals surface area (Å²) in [5.41, 5.74) is 4.07. The van der Waals surface area contributed by atoms with Gasteiger partial charge in [0.25, 0.3) is 0 Å². The summed E-state index contributed by atoms with van der Waals surface area (Å²) in [6, 6.07) is 0. The summed E-state index contributed by atoms with van der Waals surface area (Å²) < 4.78 is 5.27. The van der Waals surface area contributed by atoms with E-state index in [1.807, 2.05) is 0 Å². The molecule has 1 rings (SSSR count). The van der Waals surface area contributed by atoms with E-state index in [-0.39, 0.29) is 0 Å². The minimum absolute atomic E-state index is 0.404. The molecular weight excluding hydrogens is 362 g/mol. The first-order chi connectivity index (χ1) is 14.1. The van der Waals surface area contributed by atoms with Gasteiger partial charge in [-0.1, -0.05) is 121 Å². The van der Waals surface area contributed by atoms with E-state index in [1.54, 1.807) is 18.2 Å². The third-order valence-electron chi connectivity index (χ3n) is 5.77. The van der Waals surface area contributed by atoms with Crippen molar-refractivity contribution in [3.8, 4) is 0 Å². The molecule has 3 N–H and O–H groups in total. The molecule has 29 heavy (non-hydrogen) atoms. The van der Waals surface area contributed by atoms with Crippen LogP contribution in [0.4, 0.5) is 0 Å². The van der Waals surface area contributed by atoms with E-state index in [1.165, 1.54) is 96.0 Å². The van der Waals surface area contributed by atoms with Crippen molar-refractivity contribution in [2.75, 3.05) is 6.61 Å². The molecular formula is C25H45NO3. The highest BCUT2D eigenvalue weighted by Gasteiger charge is 2.36. The highest BCUT2D eigenvalue weighted by atomic mass is 16.5. The quantitative estimate of drug-likeness (QED) is 0.162. The molecule has 0 aromatic carbocycles. The van der Waals surface area contributed by atoms with E-state index in [0.717, 1.165) is 12.8 Å². The Morgan fingerprint density at radius 3 is 1.72 bits per heavy atom. The Bertz CT molecular complexity index is 471. The highest BCUT2D eigenvalue weighted by molar-refractivity contribution is 5.76. The van der Waals surface area contributed by atoms with Crippen LogP contribution >= 0.6 is 0 Å². The molecule has 1 aliphatic carbocycles. The first-order valence-electron chi connectivity index (χ1n) is 12.1. The van der Waals surface area contributed by atoms with Crippen molar-refractivity contribution in [3.05, 3.63) is 24.3 Å². The second-order valence-electron chi connectivity index (χ2n) is 8.58. The van der Waals surface area contributed by atoms with Gasteiger partial charge >= 0.3 is 5.97 Å². The Morgan fingerprint density at radius 1 is 0.828 bits per heavy atom. The molecule has 0 aromatic rings. The summed E-state index contributed by atoms with van der Waals surface area (Å²) in [5, 5.41) is 9.99. The number of hydrogen-bond donors (Lipinski definition) is 2. The maximum Gasteiger partial charge on any atom is 0.317 e. The van der Waals surface area contributed by atoms with E-state index in [0.29, 0.717) is 6.61 Å². The van der Waals surface area contributed by atoms with Crippen molar-refractivity contribution in [2.45, 2.75) is 115 Å². The minimum atomic E-state index is -1.64. The van der Waals surface area contributed by atoms with Gasteiger partial charge in [0.2, 0.25) is 0 Å². The van der Waals surface area contributed by atoms with Crippen LogP contribution in [0.5, 0.6) is 0 Å². The summed E-state index contributed by atoms with van der Waals surface area (Å²) in [4.78, 5) is 12.0. The number of carbonyl (C=O) groups is 1. The van der Waals surface area contributed by atoms with Gasteiger partial charge < -0.3 is 9.84 Å². The molecule has 0 saturated carbocycles. The molecule has 4 heteroatoms. The molecule has 0 amide bonds. The maximum atomic E-state index is 12.0. The molecule has 168 valence electrons. The van der Waals surface area contributed by atoms with E-state index in [2.05, 4.69) is 6.92 Å². The first kappa shape index (κ1) is 25.9. The van der Waals surface area contributed by atoms with Crippen molar-refractivity contribution >= 4 is 5.97 Å². The predicted octanol–water partition coefficient (Wildman–Crippen LogP) is 6.18. The Balaban J connectivity index is 1.82. The van der Waals surface area contributed by atoms with Gasteiger partial charge in [0.15, 0.2) is 0 Å². The van der Waals surface area contributed by atoms with Gasteiger partial charge in [0, 0.05) is 0 Å². The van der Waals surface area contributed by atoms with E-state index < -0.39 is 17.6 Å². The molecule has 2 atom stereocenters. The van der Waals surface area contributed by atoms with Crippen LogP contribution in [0.25, 0.3) is 0 Å². The molecule has 0 saturated heterocycles. The summed E-state index contributed by atoms with van der Waals surface area (Å²) >= 11 is 0. The van der Waals surface area contributed by atoms with E-state index in [4.69, 9.17) is 10.5 Å². The van der Waals surface area contributed by atoms with Crippen LogP contribution in [0.15, 0.2) is 24.3 Å². The van der Waals surface area contributed by atoms with Gasteiger partial charge in [-0.25, -0.2) is 0 Å². The summed E-state index contributed by atoms with van der Waals surface area (Å²) in [7, 11) is 0. The number of carbonyl (C=O) groups excluding carboxylic acids is 1. The summed E-state index contributed by atoms with van der Waals surface area (Å²) in [5.74, 6) is -1.26. The molecule has 0 fully saturated rings. The Morgan fingerprint density at radius 2 is 1.28 bits per heavy atom. The molecule has 1 aliphatic rings. The van der Waals surface area contributed by atoms with Crippen LogP contribution in [0.2, 0.25) is 0 Å². The van der Waals surface area contributed by atoms with Gasteiger partial charge in [-0.3, -0.25) is 10.5 Å². The van der Waals surface area contributed by atoms with Crippen molar-refractivity contribution in [3.63, 3.8) is 0 Å². The fourth-order valence-electron chi connectivity index (χ4n) is 3.82. The van der Waals surface area contributed by atoms with Gasteiger partial charge in [0.05, 0.1) is 6.61 Å². The molecule has 0 heterocycles. The number of rotatable bonds is 18. The van der Waals surface area contributed by atoms with Crippen molar-refractivity contribution in [1.82, 2.24) is 0 Å². The number of esters is 1. The van der Waals surface area contributed by atoms with E-state index >= 15 is 0 Å². The Labute approximate surface area is 179 Å². The smallest absolute Gasteiger partial charge is 0.317 e. The average molecular weight is 408 g/mol. The first-order valence-corrected chi connectivity index (χ1v) is 12.1. The third kappa shape index (κ3) is 12.9. The number of aliphatic hydroxyl groups is 1. The normalized spacial score (nSPS) is 20.9. The van der Waals surface area contributed by atoms with Crippen LogP contribution in [-0.4, -0.2) is 23.4 Å². The lowest BCUT2D eigenvalue weighted by atomic mass is 9.92. The zero-order valence-corrected chi connectivity index (χ0v) is 18.7. The number of ether oxygens (including phenoxy) is 1. The minimum Gasteiger partial charge on any atom is -0.465 e. The SMILES string of the molecule is CCCCCCCCCCCCCCCCCCOC(=O)C1C=CC=CC1(N)O. The fraction of sp³-hybridized carbons (Fsp3) is 0.800. The number of unbranched alkanes of at least 4 members (excludes halogenated alkanes) is 15. The molecule has 0 aliphatic heterocycles. The number of hydrogen-bond acceptors (Lipinski definition) is 4. The largest absolute Gasteiger partial charge is 0.465 e. The number of allylic oxidation sites excluding steroid dienone is 2. The summed E-state index contributed by atoms with van der Waals surface area (Å²) in [6.45, 7) is 2.68. The Hall–Kier alpha value is -1.13. The molecule has 4 nitrogen and oxygen atoms in total. The standard InChI is InChI=1S/C25H45NO3/c1-2-3-4-5-6-7-8-9-10-11-12-13-14-15-16-19-22-29-24(27)23-20-17-18-21-25(23,26)28/h17-18,20-21,23,28H,2-16,19,22,26H2,1H3. The van der Waals surface area contributed by atoms with E-state index in [9.17, 15) is 9.90 Å². The topological polar surface area (TPSA) is 72.5 Å². The number of nitrogens with two attached hydrogens (primary N) is 1. The zero-order chi connectivity index (χ0) is 21.2. The Kier molecular flexibility index (Phi) is 14.9. The molecule has 0 bridgehead atoms. The third-order valence-corrected chi connectivity index (χ3v) is 5.77. The van der Waals surface area contributed by atoms with Crippen LogP contribution < -0.4 is 5.73 Å². The van der Waals surface area contributed by atoms with Crippen LogP contribution in [0.1, 0.15) is 110 Å². The lowest BCUT2D eigenvalue weighted by Gasteiger charge is -2.27. The van der Waals surface area contributed by atoms with Crippen molar-refractivity contribution < 1.29 is 14.6 Å². The molecule has 0 aromatic heterocycles. The van der Waals surface area contributed by atoms with Crippen molar-refractivity contribution in [1.29, 1.82) is 0 Å². The molecule has 0 radical (unpaired) electrons. The van der Waals surface area contributed by atoms with Gasteiger partial charge in [-0.2, -0.15) is 0 Å². The predicted molar refractivity (Wildman–Crippen MR) is 121 cm³/mol. The monoisotopic (exact) mass is 407 g/mol. The maximum absolute atomic E-state index is 12.0. The highest BCUT2D eigenvalue weighted by Crippen LogP contribution is 2.21. The lowest BCUT2D eigenvalue weighted by molar-refractivity contribution is -0.153. The van der Waals surface area contributed by atoms with Crippen LogP contribution in [0, 0.1) is 5.92 Å². The fourth-order valence-corrected chi connectivity index (χ4v) is 3.82. The molecule has 0 spiro atoms. The second kappa shape index (κ2) is 16.6.